The molecule has 2 aromatic carbocycles. The van der Waals surface area contributed by atoms with Crippen molar-refractivity contribution in [3.05, 3.63) is 71.2 Å². The molecule has 0 saturated heterocycles. The first-order valence-electron chi connectivity index (χ1n) is 11.1. The van der Waals surface area contributed by atoms with Crippen LogP contribution >= 0.6 is 0 Å². The van der Waals surface area contributed by atoms with Gasteiger partial charge in [0.15, 0.2) is 0 Å². The summed E-state index contributed by atoms with van der Waals surface area (Å²) in [6, 6.07) is 16.2. The fourth-order valence-electron chi connectivity index (χ4n) is 4.37. The third-order valence-corrected chi connectivity index (χ3v) is 5.94. The molecule has 5 rings (SSSR count). The summed E-state index contributed by atoms with van der Waals surface area (Å²) < 4.78 is 0. The maximum atomic E-state index is 12.9. The van der Waals surface area contributed by atoms with Crippen molar-refractivity contribution in [3.63, 3.8) is 0 Å². The third-order valence-electron chi connectivity index (χ3n) is 5.94. The van der Waals surface area contributed by atoms with Crippen molar-refractivity contribution in [3.8, 4) is 22.5 Å². The second kappa shape index (κ2) is 8.54. The Kier molecular flexibility index (Phi) is 5.42. The molecule has 8 heteroatoms. The van der Waals surface area contributed by atoms with Crippen molar-refractivity contribution in [2.24, 2.45) is 0 Å². The molecule has 3 heterocycles. The van der Waals surface area contributed by atoms with Gasteiger partial charge in [0.05, 0.1) is 12.2 Å². The number of fused-ring (bicyclic) bond motifs is 1. The van der Waals surface area contributed by atoms with Crippen LogP contribution in [0.1, 0.15) is 48.8 Å². The van der Waals surface area contributed by atoms with E-state index in [0.717, 1.165) is 39.3 Å². The molecule has 33 heavy (non-hydrogen) atoms. The summed E-state index contributed by atoms with van der Waals surface area (Å²) in [5, 5.41) is 14.4. The van der Waals surface area contributed by atoms with Crippen LogP contribution in [0.25, 0.3) is 22.5 Å². The normalized spacial score (nSPS) is 13.5. The van der Waals surface area contributed by atoms with Crippen molar-refractivity contribution in [1.29, 1.82) is 0 Å². The molecule has 0 bridgehead atoms. The predicted octanol–water partition coefficient (Wildman–Crippen LogP) is 4.23. The van der Waals surface area contributed by atoms with Crippen LogP contribution in [-0.2, 0) is 17.8 Å². The van der Waals surface area contributed by atoms with E-state index < -0.39 is 0 Å². The Hall–Kier alpha value is -3.94. The Bertz CT molecular complexity index is 1300. The number of anilines is 1. The van der Waals surface area contributed by atoms with E-state index >= 15 is 0 Å². The first-order chi connectivity index (χ1) is 16.0. The number of carbonyl (C=O) groups excluding carboxylic acids is 1. The predicted molar refractivity (Wildman–Crippen MR) is 125 cm³/mol. The molecule has 0 saturated carbocycles. The van der Waals surface area contributed by atoms with Gasteiger partial charge >= 0.3 is 0 Å². The van der Waals surface area contributed by atoms with Crippen LogP contribution in [0.15, 0.2) is 48.5 Å². The van der Waals surface area contributed by atoms with Crippen molar-refractivity contribution < 1.29 is 4.79 Å². The number of benzene rings is 2. The molecule has 8 nitrogen and oxygen atoms in total. The summed E-state index contributed by atoms with van der Waals surface area (Å²) in [5.74, 6) is 2.40. The van der Waals surface area contributed by atoms with Gasteiger partial charge in [-0.2, -0.15) is 5.21 Å². The van der Waals surface area contributed by atoms with E-state index in [1.807, 2.05) is 36.1 Å². The maximum Gasteiger partial charge on any atom is 0.228 e. The van der Waals surface area contributed by atoms with E-state index in [4.69, 9.17) is 0 Å². The Morgan fingerprint density at radius 2 is 1.76 bits per heavy atom. The zero-order valence-electron chi connectivity index (χ0n) is 18.9. The number of hydrogen-bond acceptors (Lipinski definition) is 6. The second-order valence-electron chi connectivity index (χ2n) is 8.57. The van der Waals surface area contributed by atoms with Crippen molar-refractivity contribution in [2.75, 3.05) is 4.90 Å². The second-order valence-corrected chi connectivity index (χ2v) is 8.57. The molecule has 166 valence electrons. The molecule has 1 aliphatic heterocycles. The highest BCUT2D eigenvalue weighted by atomic mass is 16.2. The first-order valence-corrected chi connectivity index (χ1v) is 11.1. The number of tetrazole rings is 1. The molecule has 0 unspecified atom stereocenters. The lowest BCUT2D eigenvalue weighted by molar-refractivity contribution is -0.119. The number of carbonyl (C=O) groups is 1. The zero-order valence-corrected chi connectivity index (χ0v) is 18.9. The third kappa shape index (κ3) is 4.00. The van der Waals surface area contributed by atoms with Crippen LogP contribution in [0.2, 0.25) is 0 Å². The SMILES string of the molecule is Cc1nc(C(C)C)c2c(n1)N(Cc1ccc(-c3ccccc3-c3nn[nH]n3)cc1)C(=O)CC2. The van der Waals surface area contributed by atoms with Crippen molar-refractivity contribution in [2.45, 2.75) is 46.1 Å². The van der Waals surface area contributed by atoms with Gasteiger partial charge < -0.3 is 0 Å². The van der Waals surface area contributed by atoms with E-state index in [9.17, 15) is 4.79 Å². The van der Waals surface area contributed by atoms with Gasteiger partial charge in [0, 0.05) is 17.5 Å². The molecular formula is C25H25N7O. The van der Waals surface area contributed by atoms with Gasteiger partial charge in [-0.25, -0.2) is 9.97 Å². The van der Waals surface area contributed by atoms with Gasteiger partial charge in [-0.3, -0.25) is 9.69 Å². The molecule has 1 amide bonds. The highest BCUT2D eigenvalue weighted by Gasteiger charge is 2.29. The molecule has 0 fully saturated rings. The number of aromatic amines is 1. The van der Waals surface area contributed by atoms with Crippen LogP contribution in [0.4, 0.5) is 5.82 Å². The molecule has 0 aliphatic carbocycles. The average Bonchev–Trinajstić information content (AvgIpc) is 3.36. The topological polar surface area (TPSA) is 101 Å². The molecule has 2 aromatic heterocycles. The summed E-state index contributed by atoms with van der Waals surface area (Å²) in [7, 11) is 0. The minimum atomic E-state index is 0.0989. The van der Waals surface area contributed by atoms with E-state index in [1.165, 1.54) is 0 Å². The summed E-state index contributed by atoms with van der Waals surface area (Å²) in [6.07, 6.45) is 1.18. The monoisotopic (exact) mass is 439 g/mol. The minimum Gasteiger partial charge on any atom is -0.292 e. The Morgan fingerprint density at radius 3 is 2.45 bits per heavy atom. The molecule has 0 atom stereocenters. The fourth-order valence-corrected chi connectivity index (χ4v) is 4.37. The number of H-pyrrole nitrogens is 1. The molecule has 0 radical (unpaired) electrons. The Morgan fingerprint density at radius 1 is 1.00 bits per heavy atom. The quantitative estimate of drug-likeness (QED) is 0.499. The number of aromatic nitrogens is 6. The molecule has 1 aliphatic rings. The minimum absolute atomic E-state index is 0.0989. The molecule has 4 aromatic rings. The lowest BCUT2D eigenvalue weighted by Crippen LogP contribution is -2.36. The van der Waals surface area contributed by atoms with Crippen molar-refractivity contribution >= 4 is 11.7 Å². The number of nitrogens with one attached hydrogen (secondary N) is 1. The summed E-state index contributed by atoms with van der Waals surface area (Å²) in [6.45, 7) is 6.63. The first kappa shape index (κ1) is 20.9. The maximum absolute atomic E-state index is 12.9. The van der Waals surface area contributed by atoms with Gasteiger partial charge in [0.2, 0.25) is 11.7 Å². The molecule has 1 N–H and O–H groups in total. The fraction of sp³-hybridized carbons (Fsp3) is 0.280. The van der Waals surface area contributed by atoms with Crippen LogP contribution in [0, 0.1) is 6.92 Å². The number of hydrogen-bond donors (Lipinski definition) is 1. The lowest BCUT2D eigenvalue weighted by atomic mass is 9.96. The van der Waals surface area contributed by atoms with Gasteiger partial charge in [-0.15, -0.1) is 10.2 Å². The summed E-state index contributed by atoms with van der Waals surface area (Å²) in [4.78, 5) is 24.0. The Labute approximate surface area is 192 Å². The van der Waals surface area contributed by atoms with E-state index in [0.29, 0.717) is 31.0 Å². The molecular weight excluding hydrogens is 414 g/mol. The summed E-state index contributed by atoms with van der Waals surface area (Å²) in [5.41, 5.74) is 6.16. The standard InChI is InChI=1S/C25H25N7O/c1-15(2)23-21-12-13-22(33)32(25(21)27-16(3)26-23)14-17-8-10-18(11-9-17)19-6-4-5-7-20(19)24-28-30-31-29-24/h4-11,15H,12-14H2,1-3H3,(H,28,29,30,31). The van der Waals surface area contributed by atoms with Gasteiger partial charge in [0.1, 0.15) is 11.6 Å². The van der Waals surface area contributed by atoms with Crippen LogP contribution in [0.3, 0.4) is 0 Å². The van der Waals surface area contributed by atoms with Crippen LogP contribution < -0.4 is 4.90 Å². The highest BCUT2D eigenvalue weighted by molar-refractivity contribution is 5.95. The lowest BCUT2D eigenvalue weighted by Gasteiger charge is -2.30. The largest absolute Gasteiger partial charge is 0.292 e. The average molecular weight is 440 g/mol. The van der Waals surface area contributed by atoms with Crippen molar-refractivity contribution in [1.82, 2.24) is 30.6 Å². The van der Waals surface area contributed by atoms with Crippen LogP contribution in [-0.4, -0.2) is 36.5 Å². The number of aryl methyl sites for hydroxylation is 1. The van der Waals surface area contributed by atoms with Gasteiger partial charge in [-0.05, 0) is 41.2 Å². The number of amides is 1. The van der Waals surface area contributed by atoms with E-state index in [1.54, 1.807) is 0 Å². The smallest absolute Gasteiger partial charge is 0.228 e. The van der Waals surface area contributed by atoms with Gasteiger partial charge in [0.25, 0.3) is 0 Å². The van der Waals surface area contributed by atoms with Crippen LogP contribution in [0.5, 0.6) is 0 Å². The zero-order chi connectivity index (χ0) is 22.9. The number of rotatable bonds is 5. The highest BCUT2D eigenvalue weighted by Crippen LogP contribution is 2.33. The van der Waals surface area contributed by atoms with Gasteiger partial charge in [-0.1, -0.05) is 62.4 Å². The number of nitrogens with zero attached hydrogens (tertiary/aromatic N) is 6. The molecule has 0 spiro atoms. The Balaban J connectivity index is 1.46. The summed E-state index contributed by atoms with van der Waals surface area (Å²) >= 11 is 0. The van der Waals surface area contributed by atoms with E-state index in [-0.39, 0.29) is 11.8 Å². The van der Waals surface area contributed by atoms with E-state index in [2.05, 4.69) is 68.7 Å².